The average molecular weight is 493 g/mol. The van der Waals surface area contributed by atoms with Gasteiger partial charge in [0.1, 0.15) is 11.5 Å². The molecule has 0 aromatic heterocycles. The molecule has 5 nitrogen and oxygen atoms in total. The van der Waals surface area contributed by atoms with Gasteiger partial charge in [0.05, 0.1) is 24.0 Å². The van der Waals surface area contributed by atoms with Crippen LogP contribution in [0.1, 0.15) is 50.3 Å². The molecule has 0 unspecified atom stereocenters. The van der Waals surface area contributed by atoms with E-state index in [1.54, 1.807) is 24.3 Å². The van der Waals surface area contributed by atoms with E-state index in [1.165, 1.54) is 0 Å². The van der Waals surface area contributed by atoms with Crippen molar-refractivity contribution in [3.05, 3.63) is 58.1 Å². The van der Waals surface area contributed by atoms with Crippen LogP contribution >= 0.6 is 15.9 Å². The van der Waals surface area contributed by atoms with E-state index < -0.39 is 12.3 Å². The summed E-state index contributed by atoms with van der Waals surface area (Å²) in [7, 11) is 0. The first-order valence-electron chi connectivity index (χ1n) is 10.3. The van der Waals surface area contributed by atoms with E-state index in [9.17, 15) is 8.78 Å². The molecule has 2 aromatic carbocycles. The Hall–Kier alpha value is -2.19. The molecule has 0 saturated carbocycles. The fraction of sp³-hybridized carbons (Fsp3) is 0.435. The monoisotopic (exact) mass is 492 g/mol. The molecule has 1 fully saturated rings. The molecule has 164 valence electrons. The third kappa shape index (κ3) is 3.80. The SMILES string of the molecule is CC1(C)C[C@@]2(CCO1)Oc1ccc(Br)cc1[C@H]1CC(c3ccc(OC(F)F)cc3)=NN12. The zero-order valence-corrected chi connectivity index (χ0v) is 18.9. The number of benzene rings is 2. The summed E-state index contributed by atoms with van der Waals surface area (Å²) in [5.41, 5.74) is 1.94. The molecule has 1 spiro atoms. The summed E-state index contributed by atoms with van der Waals surface area (Å²) < 4.78 is 43.0. The van der Waals surface area contributed by atoms with Crippen molar-refractivity contribution in [3.63, 3.8) is 0 Å². The first-order valence-corrected chi connectivity index (χ1v) is 11.1. The highest BCUT2D eigenvalue weighted by molar-refractivity contribution is 9.10. The molecule has 3 aliphatic heterocycles. The summed E-state index contributed by atoms with van der Waals surface area (Å²) in [6.45, 7) is 1.90. The highest BCUT2D eigenvalue weighted by Gasteiger charge is 2.54. The Kier molecular flexibility index (Phi) is 4.97. The van der Waals surface area contributed by atoms with Crippen LogP contribution in [0.3, 0.4) is 0 Å². The first-order chi connectivity index (χ1) is 14.7. The maximum atomic E-state index is 12.5. The Morgan fingerprint density at radius 1 is 1.19 bits per heavy atom. The molecule has 31 heavy (non-hydrogen) atoms. The Balaban J connectivity index is 1.53. The van der Waals surface area contributed by atoms with Gasteiger partial charge >= 0.3 is 6.61 Å². The number of nitrogens with zero attached hydrogens (tertiary/aromatic N) is 2. The molecule has 2 aromatic rings. The maximum absolute atomic E-state index is 12.5. The average Bonchev–Trinajstić information content (AvgIpc) is 3.15. The van der Waals surface area contributed by atoms with E-state index in [0.29, 0.717) is 25.9 Å². The summed E-state index contributed by atoms with van der Waals surface area (Å²) >= 11 is 3.57. The number of rotatable bonds is 3. The number of hydrazone groups is 1. The molecule has 0 N–H and O–H groups in total. The van der Waals surface area contributed by atoms with Crippen LogP contribution in [0.5, 0.6) is 11.5 Å². The van der Waals surface area contributed by atoms with Crippen molar-refractivity contribution in [1.29, 1.82) is 0 Å². The van der Waals surface area contributed by atoms with Crippen LogP contribution in [0.2, 0.25) is 0 Å². The minimum Gasteiger partial charge on any atom is -0.466 e. The van der Waals surface area contributed by atoms with Gasteiger partial charge < -0.3 is 14.2 Å². The zero-order valence-electron chi connectivity index (χ0n) is 17.3. The molecule has 0 bridgehead atoms. The van der Waals surface area contributed by atoms with Gasteiger partial charge in [-0.2, -0.15) is 13.9 Å². The minimum absolute atomic E-state index is 0.0298. The van der Waals surface area contributed by atoms with E-state index >= 15 is 0 Å². The highest BCUT2D eigenvalue weighted by atomic mass is 79.9. The van der Waals surface area contributed by atoms with Gasteiger partial charge in [0.15, 0.2) is 0 Å². The van der Waals surface area contributed by atoms with E-state index in [2.05, 4.69) is 45.6 Å². The highest BCUT2D eigenvalue weighted by Crippen LogP contribution is 2.52. The predicted octanol–water partition coefficient (Wildman–Crippen LogP) is 5.88. The summed E-state index contributed by atoms with van der Waals surface area (Å²) in [4.78, 5) is 0. The lowest BCUT2D eigenvalue weighted by atomic mass is 9.86. The third-order valence-corrected chi connectivity index (χ3v) is 6.55. The van der Waals surface area contributed by atoms with Crippen molar-refractivity contribution >= 4 is 21.6 Å². The van der Waals surface area contributed by atoms with Crippen molar-refractivity contribution in [2.45, 2.75) is 57.1 Å². The molecule has 2 atom stereocenters. The quantitative estimate of drug-likeness (QED) is 0.536. The molecule has 0 radical (unpaired) electrons. The lowest BCUT2D eigenvalue weighted by Crippen LogP contribution is -2.60. The van der Waals surface area contributed by atoms with Crippen LogP contribution in [0, 0.1) is 0 Å². The second kappa shape index (κ2) is 7.45. The topological polar surface area (TPSA) is 43.3 Å². The van der Waals surface area contributed by atoms with E-state index in [1.807, 2.05) is 12.1 Å². The number of halogens is 3. The molecule has 5 rings (SSSR count). The molecule has 3 aliphatic rings. The Bertz CT molecular complexity index is 1030. The van der Waals surface area contributed by atoms with Crippen LogP contribution < -0.4 is 9.47 Å². The summed E-state index contributed by atoms with van der Waals surface area (Å²) in [5.74, 6) is 1.01. The third-order valence-electron chi connectivity index (χ3n) is 6.06. The maximum Gasteiger partial charge on any atom is 0.387 e. The predicted molar refractivity (Wildman–Crippen MR) is 116 cm³/mol. The summed E-state index contributed by atoms with van der Waals surface area (Å²) in [5, 5.41) is 7.11. The normalized spacial score (nSPS) is 26.3. The molecule has 3 heterocycles. The Morgan fingerprint density at radius 2 is 1.97 bits per heavy atom. The van der Waals surface area contributed by atoms with E-state index in [0.717, 1.165) is 27.1 Å². The second-order valence-electron chi connectivity index (χ2n) is 8.78. The van der Waals surface area contributed by atoms with Gasteiger partial charge in [-0.05, 0) is 61.9 Å². The number of hydrogen-bond donors (Lipinski definition) is 0. The van der Waals surface area contributed by atoms with Crippen LogP contribution in [0.4, 0.5) is 8.78 Å². The van der Waals surface area contributed by atoms with Gasteiger partial charge in [0.2, 0.25) is 5.72 Å². The van der Waals surface area contributed by atoms with E-state index in [-0.39, 0.29) is 17.4 Å². The van der Waals surface area contributed by atoms with Gasteiger partial charge in [-0.25, -0.2) is 5.01 Å². The summed E-state index contributed by atoms with van der Waals surface area (Å²) in [6, 6.07) is 12.8. The number of hydrogen-bond acceptors (Lipinski definition) is 5. The number of alkyl halides is 2. The largest absolute Gasteiger partial charge is 0.466 e. The Labute approximate surface area is 188 Å². The molecular formula is C23H23BrF2N2O3. The van der Waals surface area contributed by atoms with Crippen LogP contribution in [0.15, 0.2) is 52.0 Å². The standard InChI is InChI=1S/C23H23BrF2N2O3/c1-22(2)13-23(9-10-29-22)28-19(17-11-15(24)5-8-20(17)31-23)12-18(27-28)14-3-6-16(7-4-14)30-21(25)26/h3-8,11,19,21H,9-10,12-13H2,1-2H3/t19-,23-/m1/s1. The van der Waals surface area contributed by atoms with Gasteiger partial charge in [0.25, 0.3) is 0 Å². The van der Waals surface area contributed by atoms with Crippen molar-refractivity contribution in [2.75, 3.05) is 6.61 Å². The van der Waals surface area contributed by atoms with Gasteiger partial charge in [-0.3, -0.25) is 0 Å². The van der Waals surface area contributed by atoms with Crippen molar-refractivity contribution < 1.29 is 23.0 Å². The number of ether oxygens (including phenoxy) is 3. The van der Waals surface area contributed by atoms with Crippen LogP contribution in [-0.2, 0) is 4.74 Å². The first kappa shape index (κ1) is 20.7. The van der Waals surface area contributed by atoms with Crippen molar-refractivity contribution in [2.24, 2.45) is 5.10 Å². The van der Waals surface area contributed by atoms with Gasteiger partial charge in [0, 0.05) is 29.3 Å². The molecule has 0 aliphatic carbocycles. The van der Waals surface area contributed by atoms with Gasteiger partial charge in [-0.15, -0.1) is 0 Å². The summed E-state index contributed by atoms with van der Waals surface area (Å²) in [6.07, 6.45) is 2.09. The van der Waals surface area contributed by atoms with Crippen LogP contribution in [0.25, 0.3) is 0 Å². The van der Waals surface area contributed by atoms with Crippen LogP contribution in [-0.4, -0.2) is 35.3 Å². The molecular weight excluding hydrogens is 470 g/mol. The lowest BCUT2D eigenvalue weighted by molar-refractivity contribution is -0.212. The molecule has 8 heteroatoms. The molecule has 1 saturated heterocycles. The minimum atomic E-state index is -2.84. The van der Waals surface area contributed by atoms with Gasteiger partial charge in [-0.1, -0.05) is 15.9 Å². The molecule has 0 amide bonds. The Morgan fingerprint density at radius 3 is 2.68 bits per heavy atom. The number of fused-ring (bicyclic) bond motifs is 4. The lowest BCUT2D eigenvalue weighted by Gasteiger charge is -2.52. The van der Waals surface area contributed by atoms with Crippen molar-refractivity contribution in [1.82, 2.24) is 5.01 Å². The van der Waals surface area contributed by atoms with Crippen molar-refractivity contribution in [3.8, 4) is 11.5 Å². The fourth-order valence-corrected chi connectivity index (χ4v) is 5.21. The smallest absolute Gasteiger partial charge is 0.387 e. The fourth-order valence-electron chi connectivity index (χ4n) is 4.83. The zero-order chi connectivity index (χ0) is 21.8. The second-order valence-corrected chi connectivity index (χ2v) is 9.70. The van der Waals surface area contributed by atoms with E-state index in [4.69, 9.17) is 14.6 Å².